The number of halogens is 2. The van der Waals surface area contributed by atoms with Crippen LogP contribution in [0.2, 0.25) is 10.0 Å². The number of thiazole rings is 1. The summed E-state index contributed by atoms with van der Waals surface area (Å²) in [6, 6.07) is 17.4. The maximum Gasteiger partial charge on any atom is 0.338 e. The number of hydrogen-bond acceptors (Lipinski definition) is 8. The van der Waals surface area contributed by atoms with E-state index in [0.717, 1.165) is 12.0 Å². The van der Waals surface area contributed by atoms with Gasteiger partial charge in [-0.3, -0.25) is 9.36 Å². The van der Waals surface area contributed by atoms with E-state index in [-0.39, 0.29) is 17.7 Å². The van der Waals surface area contributed by atoms with Gasteiger partial charge in [-0.05, 0) is 60.9 Å². The van der Waals surface area contributed by atoms with E-state index in [2.05, 4.69) is 0 Å². The van der Waals surface area contributed by atoms with Gasteiger partial charge < -0.3 is 18.9 Å². The van der Waals surface area contributed by atoms with Crippen molar-refractivity contribution in [3.8, 4) is 17.2 Å². The number of methoxy groups -OCH3 is 2. The minimum absolute atomic E-state index is 0.166. The SMILES string of the molecule is CCCC1=C(C(=O)OCC)[C@@H](c2cc(Cl)ccc2OC)n2c(s/c(=C/c3cc(Cl)c(OCc4ccccc4)c(OC)c3)c2=O)=N1. The summed E-state index contributed by atoms with van der Waals surface area (Å²) >= 11 is 14.3. The van der Waals surface area contributed by atoms with E-state index in [9.17, 15) is 9.59 Å². The Morgan fingerprint density at radius 2 is 1.78 bits per heavy atom. The van der Waals surface area contributed by atoms with Crippen molar-refractivity contribution in [1.29, 1.82) is 0 Å². The molecule has 1 aromatic heterocycles. The normalized spacial score (nSPS) is 14.5. The van der Waals surface area contributed by atoms with Crippen LogP contribution in [-0.2, 0) is 16.1 Å². The lowest BCUT2D eigenvalue weighted by molar-refractivity contribution is -0.139. The van der Waals surface area contributed by atoms with Gasteiger partial charge >= 0.3 is 5.97 Å². The molecule has 0 unspecified atom stereocenters. The van der Waals surface area contributed by atoms with Crippen LogP contribution in [0.5, 0.6) is 17.2 Å². The molecule has 0 amide bonds. The molecule has 0 spiro atoms. The van der Waals surface area contributed by atoms with Crippen molar-refractivity contribution in [3.05, 3.63) is 118 Å². The summed E-state index contributed by atoms with van der Waals surface area (Å²) in [5.74, 6) is 0.751. The predicted molar refractivity (Wildman–Crippen MR) is 176 cm³/mol. The maximum absolute atomic E-state index is 14.2. The van der Waals surface area contributed by atoms with Crippen LogP contribution >= 0.6 is 34.5 Å². The lowest BCUT2D eigenvalue weighted by Gasteiger charge is -2.27. The van der Waals surface area contributed by atoms with Crippen LogP contribution in [-0.4, -0.2) is 31.4 Å². The molecule has 234 valence electrons. The molecular formula is C34H32Cl2N2O6S. The fraction of sp³-hybridized carbons (Fsp3) is 0.265. The molecule has 4 aromatic rings. The van der Waals surface area contributed by atoms with Crippen LogP contribution < -0.4 is 29.1 Å². The van der Waals surface area contributed by atoms with Gasteiger partial charge in [-0.25, -0.2) is 9.79 Å². The third kappa shape index (κ3) is 6.81. The third-order valence-corrected chi connectivity index (χ3v) is 8.65. The van der Waals surface area contributed by atoms with Gasteiger partial charge in [0.15, 0.2) is 16.3 Å². The lowest BCUT2D eigenvalue weighted by Crippen LogP contribution is -2.40. The first kappa shape index (κ1) is 32.3. The van der Waals surface area contributed by atoms with Gasteiger partial charge in [-0.1, -0.05) is 78.2 Å². The summed E-state index contributed by atoms with van der Waals surface area (Å²) in [5.41, 5.74) is 2.65. The Morgan fingerprint density at radius 1 is 1.02 bits per heavy atom. The molecule has 0 N–H and O–H groups in total. The molecule has 0 fully saturated rings. The Hall–Kier alpha value is -4.05. The Labute approximate surface area is 274 Å². The molecule has 1 aliphatic rings. The molecule has 0 aliphatic carbocycles. The Bertz CT molecular complexity index is 1930. The second-order valence-electron chi connectivity index (χ2n) is 10.1. The van der Waals surface area contributed by atoms with Gasteiger partial charge in [0.05, 0.1) is 41.7 Å². The van der Waals surface area contributed by atoms with Crippen molar-refractivity contribution >= 4 is 46.6 Å². The number of carbonyl (C=O) groups excluding carboxylic acids is 1. The molecular weight excluding hydrogens is 635 g/mol. The average Bonchev–Trinajstić information content (AvgIpc) is 3.34. The monoisotopic (exact) mass is 666 g/mol. The zero-order valence-corrected chi connectivity index (χ0v) is 27.6. The van der Waals surface area contributed by atoms with Crippen molar-refractivity contribution < 1.29 is 23.7 Å². The number of ether oxygens (including phenoxy) is 4. The first-order valence-electron chi connectivity index (χ1n) is 14.4. The summed E-state index contributed by atoms with van der Waals surface area (Å²) in [6.07, 6.45) is 2.96. The van der Waals surface area contributed by atoms with E-state index in [4.69, 9.17) is 47.1 Å². The van der Waals surface area contributed by atoms with Crippen molar-refractivity contribution in [2.75, 3.05) is 20.8 Å². The number of nitrogens with zero attached hydrogens (tertiary/aromatic N) is 2. The standard InChI is InChI=1S/C34H32Cl2N2O6S/c1-5-10-25-29(33(40)43-6-2)30(23-18-22(35)13-14-26(23)41-3)38-32(39)28(45-34(38)37-25)17-21-15-24(36)31(27(16-21)42-4)44-19-20-11-8-7-9-12-20/h7-9,11-18,30H,5-6,10,19H2,1-4H3/b28-17+/t30-/m1/s1. The Balaban J connectivity index is 1.66. The molecule has 0 bridgehead atoms. The summed E-state index contributed by atoms with van der Waals surface area (Å²) in [4.78, 5) is 32.9. The van der Waals surface area contributed by atoms with E-state index in [1.54, 1.807) is 43.3 Å². The fourth-order valence-corrected chi connectivity index (χ4v) is 6.65. The Morgan fingerprint density at radius 3 is 2.47 bits per heavy atom. The Kier molecular flexibility index (Phi) is 10.3. The first-order chi connectivity index (χ1) is 21.8. The van der Waals surface area contributed by atoms with E-state index in [1.165, 1.54) is 30.1 Å². The summed E-state index contributed by atoms with van der Waals surface area (Å²) in [6.45, 7) is 4.21. The van der Waals surface area contributed by atoms with E-state index in [1.807, 2.05) is 37.3 Å². The van der Waals surface area contributed by atoms with Crippen LogP contribution in [0.1, 0.15) is 49.4 Å². The van der Waals surface area contributed by atoms with Crippen LogP contribution in [0, 0.1) is 0 Å². The third-order valence-electron chi connectivity index (χ3n) is 7.15. The molecule has 8 nitrogen and oxygen atoms in total. The summed E-state index contributed by atoms with van der Waals surface area (Å²) in [7, 11) is 3.06. The highest BCUT2D eigenvalue weighted by Crippen LogP contribution is 2.39. The molecule has 2 heterocycles. The highest BCUT2D eigenvalue weighted by Gasteiger charge is 2.36. The molecule has 11 heteroatoms. The quantitative estimate of drug-likeness (QED) is 0.170. The summed E-state index contributed by atoms with van der Waals surface area (Å²) < 4.78 is 24.6. The number of carbonyl (C=O) groups is 1. The van der Waals surface area contributed by atoms with Crippen molar-refractivity contribution in [2.24, 2.45) is 4.99 Å². The lowest BCUT2D eigenvalue weighted by atomic mass is 9.93. The van der Waals surface area contributed by atoms with Crippen molar-refractivity contribution in [2.45, 2.75) is 39.3 Å². The fourth-order valence-electron chi connectivity index (χ4n) is 5.18. The number of fused-ring (bicyclic) bond motifs is 1. The van der Waals surface area contributed by atoms with Crippen LogP contribution in [0.25, 0.3) is 6.08 Å². The largest absolute Gasteiger partial charge is 0.496 e. The van der Waals surface area contributed by atoms with Crippen LogP contribution in [0.15, 0.2) is 81.7 Å². The second-order valence-corrected chi connectivity index (χ2v) is 12.0. The van der Waals surface area contributed by atoms with Gasteiger partial charge in [0.2, 0.25) is 0 Å². The smallest absolute Gasteiger partial charge is 0.338 e. The second kappa shape index (κ2) is 14.4. The maximum atomic E-state index is 14.2. The van der Waals surface area contributed by atoms with Gasteiger partial charge in [-0.15, -0.1) is 0 Å². The minimum Gasteiger partial charge on any atom is -0.496 e. The number of hydrogen-bond donors (Lipinski definition) is 0. The number of esters is 1. The first-order valence-corrected chi connectivity index (χ1v) is 16.0. The van der Waals surface area contributed by atoms with Gasteiger partial charge in [0, 0.05) is 10.6 Å². The van der Waals surface area contributed by atoms with Gasteiger partial charge in [-0.2, -0.15) is 0 Å². The van der Waals surface area contributed by atoms with E-state index in [0.29, 0.717) is 66.5 Å². The summed E-state index contributed by atoms with van der Waals surface area (Å²) in [5, 5.41) is 0.766. The van der Waals surface area contributed by atoms with Gasteiger partial charge in [0.25, 0.3) is 5.56 Å². The molecule has 5 rings (SSSR count). The zero-order valence-electron chi connectivity index (χ0n) is 25.3. The average molecular weight is 668 g/mol. The highest BCUT2D eigenvalue weighted by atomic mass is 35.5. The van der Waals surface area contributed by atoms with Crippen LogP contribution in [0.4, 0.5) is 0 Å². The van der Waals surface area contributed by atoms with E-state index < -0.39 is 12.0 Å². The molecule has 0 radical (unpaired) electrons. The van der Waals surface area contributed by atoms with E-state index >= 15 is 0 Å². The molecule has 0 saturated carbocycles. The predicted octanol–water partition coefficient (Wildman–Crippen LogP) is 6.48. The zero-order chi connectivity index (χ0) is 32.1. The van der Waals surface area contributed by atoms with Gasteiger partial charge in [0.1, 0.15) is 18.4 Å². The number of allylic oxidation sites excluding steroid dienone is 1. The number of rotatable bonds is 11. The minimum atomic E-state index is -0.871. The molecule has 45 heavy (non-hydrogen) atoms. The molecule has 1 atom stereocenters. The topological polar surface area (TPSA) is 88.4 Å². The highest BCUT2D eigenvalue weighted by molar-refractivity contribution is 7.07. The molecule has 0 saturated heterocycles. The molecule has 1 aliphatic heterocycles. The number of benzene rings is 3. The van der Waals surface area contributed by atoms with Crippen molar-refractivity contribution in [3.63, 3.8) is 0 Å². The molecule has 3 aromatic carbocycles. The number of aromatic nitrogens is 1. The van der Waals surface area contributed by atoms with Crippen molar-refractivity contribution in [1.82, 2.24) is 4.57 Å². The van der Waals surface area contributed by atoms with Crippen LogP contribution in [0.3, 0.4) is 0 Å².